The lowest BCUT2D eigenvalue weighted by Crippen LogP contribution is -2.51. The number of carbonyl (C=O) groups excluding carboxylic acids is 1. The number of nitrogens with one attached hydrogen (secondary N) is 1. The third kappa shape index (κ3) is 2.77. The fraction of sp³-hybridized carbons (Fsp3) is 0.462. The Morgan fingerprint density at radius 1 is 1.41 bits per heavy atom. The number of rotatable bonds is 2. The molecule has 1 aliphatic heterocycles. The largest absolute Gasteiger partial charge is 0.497 e. The van der Waals surface area contributed by atoms with Crippen LogP contribution in [0.4, 0.5) is 0 Å². The molecule has 0 aromatic heterocycles. The molecule has 1 aromatic rings. The topological polar surface area (TPSA) is 41.6 Å². The fourth-order valence-electron chi connectivity index (χ4n) is 2.03. The molecule has 0 saturated carbocycles. The number of nitrogens with zero attached hydrogens (tertiary/aromatic N) is 1. The summed E-state index contributed by atoms with van der Waals surface area (Å²) >= 11 is 0. The number of carbonyl (C=O) groups is 1. The van der Waals surface area contributed by atoms with E-state index >= 15 is 0 Å². The molecule has 1 amide bonds. The zero-order chi connectivity index (χ0) is 12.3. The molecule has 0 aliphatic carbocycles. The normalized spacial score (nSPS) is 20.1. The van der Waals surface area contributed by atoms with Crippen molar-refractivity contribution in [1.29, 1.82) is 0 Å². The Balaban J connectivity index is 2.07. The summed E-state index contributed by atoms with van der Waals surface area (Å²) in [7, 11) is 1.62. The SMILES string of the molecule is COc1ccc(C(=O)N2CCN[C@@H](C)C2)cc1. The van der Waals surface area contributed by atoms with Gasteiger partial charge in [-0.15, -0.1) is 0 Å². The van der Waals surface area contributed by atoms with E-state index in [-0.39, 0.29) is 5.91 Å². The minimum Gasteiger partial charge on any atom is -0.497 e. The molecule has 0 radical (unpaired) electrons. The van der Waals surface area contributed by atoms with Crippen molar-refractivity contribution in [2.45, 2.75) is 13.0 Å². The third-order valence-electron chi connectivity index (χ3n) is 2.99. The molecule has 2 rings (SSSR count). The maximum absolute atomic E-state index is 12.2. The Morgan fingerprint density at radius 2 is 2.12 bits per heavy atom. The molecule has 1 heterocycles. The van der Waals surface area contributed by atoms with Gasteiger partial charge in [0.1, 0.15) is 5.75 Å². The van der Waals surface area contributed by atoms with Gasteiger partial charge in [0.05, 0.1) is 7.11 Å². The molecule has 1 aromatic carbocycles. The fourth-order valence-corrected chi connectivity index (χ4v) is 2.03. The molecule has 92 valence electrons. The van der Waals surface area contributed by atoms with E-state index in [0.717, 1.165) is 30.9 Å². The van der Waals surface area contributed by atoms with E-state index in [9.17, 15) is 4.79 Å². The Labute approximate surface area is 102 Å². The minimum atomic E-state index is 0.0982. The molecule has 4 nitrogen and oxygen atoms in total. The summed E-state index contributed by atoms with van der Waals surface area (Å²) in [6, 6.07) is 7.63. The van der Waals surface area contributed by atoms with Crippen LogP contribution in [0.5, 0.6) is 5.75 Å². The first-order valence-corrected chi connectivity index (χ1v) is 5.87. The molecule has 17 heavy (non-hydrogen) atoms. The van der Waals surface area contributed by atoms with Gasteiger partial charge in [-0.25, -0.2) is 0 Å². The number of benzene rings is 1. The molecule has 4 heteroatoms. The van der Waals surface area contributed by atoms with E-state index in [4.69, 9.17) is 4.74 Å². The average Bonchev–Trinajstić information content (AvgIpc) is 2.38. The van der Waals surface area contributed by atoms with Crippen molar-refractivity contribution in [3.8, 4) is 5.75 Å². The first-order valence-electron chi connectivity index (χ1n) is 5.87. The zero-order valence-electron chi connectivity index (χ0n) is 10.3. The summed E-state index contributed by atoms with van der Waals surface area (Å²) < 4.78 is 5.08. The number of piperazine rings is 1. The predicted molar refractivity (Wildman–Crippen MR) is 66.4 cm³/mol. The van der Waals surface area contributed by atoms with Crippen LogP contribution >= 0.6 is 0 Å². The van der Waals surface area contributed by atoms with Crippen LogP contribution in [0.2, 0.25) is 0 Å². The molecular weight excluding hydrogens is 216 g/mol. The van der Waals surface area contributed by atoms with Crippen molar-refractivity contribution in [1.82, 2.24) is 10.2 Å². The second kappa shape index (κ2) is 5.19. The van der Waals surface area contributed by atoms with Crippen molar-refractivity contribution in [3.63, 3.8) is 0 Å². The molecule has 1 N–H and O–H groups in total. The molecule has 1 aliphatic rings. The summed E-state index contributed by atoms with van der Waals surface area (Å²) in [6.45, 7) is 4.50. The number of hydrogen-bond acceptors (Lipinski definition) is 3. The van der Waals surface area contributed by atoms with Crippen molar-refractivity contribution in [3.05, 3.63) is 29.8 Å². The summed E-state index contributed by atoms with van der Waals surface area (Å²) in [5, 5.41) is 3.32. The van der Waals surface area contributed by atoms with Crippen LogP contribution in [0.15, 0.2) is 24.3 Å². The molecule has 0 spiro atoms. The van der Waals surface area contributed by atoms with Crippen LogP contribution in [0.25, 0.3) is 0 Å². The van der Waals surface area contributed by atoms with Gasteiger partial charge < -0.3 is 15.0 Å². The molecular formula is C13H18N2O2. The van der Waals surface area contributed by atoms with Gasteiger partial charge in [-0.05, 0) is 31.2 Å². The number of ether oxygens (including phenoxy) is 1. The first-order chi connectivity index (χ1) is 8.20. The highest BCUT2D eigenvalue weighted by Crippen LogP contribution is 2.13. The van der Waals surface area contributed by atoms with E-state index in [0.29, 0.717) is 6.04 Å². The Bertz CT molecular complexity index is 389. The van der Waals surface area contributed by atoms with Gasteiger partial charge in [0.25, 0.3) is 5.91 Å². The van der Waals surface area contributed by atoms with Crippen LogP contribution < -0.4 is 10.1 Å². The maximum Gasteiger partial charge on any atom is 0.253 e. The van der Waals surface area contributed by atoms with Crippen LogP contribution in [-0.4, -0.2) is 43.6 Å². The zero-order valence-corrected chi connectivity index (χ0v) is 10.3. The van der Waals surface area contributed by atoms with Gasteiger partial charge in [0.2, 0.25) is 0 Å². The quantitative estimate of drug-likeness (QED) is 0.834. The van der Waals surface area contributed by atoms with Gasteiger partial charge in [0, 0.05) is 31.2 Å². The van der Waals surface area contributed by atoms with E-state index in [1.807, 2.05) is 29.2 Å². The summed E-state index contributed by atoms with van der Waals surface area (Å²) in [4.78, 5) is 14.1. The highest BCUT2D eigenvalue weighted by Gasteiger charge is 2.21. The van der Waals surface area contributed by atoms with Crippen LogP contribution in [0.3, 0.4) is 0 Å². The Hall–Kier alpha value is -1.55. The van der Waals surface area contributed by atoms with Gasteiger partial charge in [-0.2, -0.15) is 0 Å². The summed E-state index contributed by atoms with van der Waals surface area (Å²) in [5.74, 6) is 0.872. The lowest BCUT2D eigenvalue weighted by atomic mass is 10.1. The molecule has 1 atom stereocenters. The van der Waals surface area contributed by atoms with Gasteiger partial charge >= 0.3 is 0 Å². The first kappa shape index (κ1) is 11.9. The Kier molecular flexibility index (Phi) is 3.64. The predicted octanol–water partition coefficient (Wildman–Crippen LogP) is 1.13. The van der Waals surface area contributed by atoms with Gasteiger partial charge in [-0.3, -0.25) is 4.79 Å². The molecule has 1 saturated heterocycles. The van der Waals surface area contributed by atoms with Crippen molar-refractivity contribution < 1.29 is 9.53 Å². The van der Waals surface area contributed by atoms with E-state index in [1.54, 1.807) is 7.11 Å². The lowest BCUT2D eigenvalue weighted by molar-refractivity contribution is 0.0709. The Morgan fingerprint density at radius 3 is 2.71 bits per heavy atom. The molecule has 0 unspecified atom stereocenters. The number of methoxy groups -OCH3 is 1. The highest BCUT2D eigenvalue weighted by atomic mass is 16.5. The number of hydrogen-bond donors (Lipinski definition) is 1. The van der Waals surface area contributed by atoms with Gasteiger partial charge in [0.15, 0.2) is 0 Å². The van der Waals surface area contributed by atoms with Crippen molar-refractivity contribution >= 4 is 5.91 Å². The maximum atomic E-state index is 12.2. The van der Waals surface area contributed by atoms with Crippen LogP contribution in [-0.2, 0) is 0 Å². The smallest absolute Gasteiger partial charge is 0.253 e. The minimum absolute atomic E-state index is 0.0982. The monoisotopic (exact) mass is 234 g/mol. The lowest BCUT2D eigenvalue weighted by Gasteiger charge is -2.32. The highest BCUT2D eigenvalue weighted by molar-refractivity contribution is 5.94. The molecule has 0 bridgehead atoms. The van der Waals surface area contributed by atoms with E-state index in [1.165, 1.54) is 0 Å². The van der Waals surface area contributed by atoms with Gasteiger partial charge in [-0.1, -0.05) is 0 Å². The standard InChI is InChI=1S/C13H18N2O2/c1-10-9-15(8-7-14-10)13(16)11-3-5-12(17-2)6-4-11/h3-6,10,14H,7-9H2,1-2H3/t10-/m0/s1. The van der Waals surface area contributed by atoms with Crippen molar-refractivity contribution in [2.75, 3.05) is 26.7 Å². The van der Waals surface area contributed by atoms with Crippen LogP contribution in [0, 0.1) is 0 Å². The average molecular weight is 234 g/mol. The second-order valence-corrected chi connectivity index (χ2v) is 4.33. The summed E-state index contributed by atoms with van der Waals surface area (Å²) in [5.41, 5.74) is 0.722. The second-order valence-electron chi connectivity index (χ2n) is 4.33. The third-order valence-corrected chi connectivity index (χ3v) is 2.99. The van der Waals surface area contributed by atoms with E-state index < -0.39 is 0 Å². The van der Waals surface area contributed by atoms with E-state index in [2.05, 4.69) is 12.2 Å². The summed E-state index contributed by atoms with van der Waals surface area (Å²) in [6.07, 6.45) is 0. The van der Waals surface area contributed by atoms with Crippen molar-refractivity contribution in [2.24, 2.45) is 0 Å². The number of amides is 1. The molecule has 1 fully saturated rings. The van der Waals surface area contributed by atoms with Crippen LogP contribution in [0.1, 0.15) is 17.3 Å².